The zero-order valence-electron chi connectivity index (χ0n) is 8.76. The van der Waals surface area contributed by atoms with Crippen LogP contribution in [0.15, 0.2) is 0 Å². The van der Waals surface area contributed by atoms with Gasteiger partial charge in [0.25, 0.3) is 0 Å². The van der Waals surface area contributed by atoms with E-state index in [4.69, 9.17) is 10.5 Å². The summed E-state index contributed by atoms with van der Waals surface area (Å²) < 4.78 is 31.0. The van der Waals surface area contributed by atoms with Crippen LogP contribution < -0.4 is 5.73 Å². The van der Waals surface area contributed by atoms with Crippen molar-refractivity contribution in [3.05, 3.63) is 0 Å². The van der Waals surface area contributed by atoms with E-state index in [-0.39, 0.29) is 24.4 Å². The van der Waals surface area contributed by atoms with Crippen LogP contribution in [0.25, 0.3) is 0 Å². The molecule has 1 saturated heterocycles. The Bertz CT molecular complexity index is 317. The zero-order chi connectivity index (χ0) is 10.9. The fourth-order valence-electron chi connectivity index (χ4n) is 2.50. The summed E-state index contributed by atoms with van der Waals surface area (Å²) in [7, 11) is -3.16. The molecule has 1 heterocycles. The molecule has 0 aromatic carbocycles. The summed E-state index contributed by atoms with van der Waals surface area (Å²) in [5.41, 5.74) is 5.32. The Kier molecular flexibility index (Phi) is 3.30. The molecule has 6 heteroatoms. The second-order valence-corrected chi connectivity index (χ2v) is 6.16. The van der Waals surface area contributed by atoms with Gasteiger partial charge in [-0.1, -0.05) is 0 Å². The Labute approximate surface area is 90.6 Å². The Morgan fingerprint density at radius 2 is 2.20 bits per heavy atom. The molecule has 88 valence electrons. The van der Waals surface area contributed by atoms with Gasteiger partial charge >= 0.3 is 0 Å². The van der Waals surface area contributed by atoms with Crippen LogP contribution in [-0.2, 0) is 14.8 Å². The summed E-state index contributed by atoms with van der Waals surface area (Å²) in [5, 5.41) is 0. The first-order chi connectivity index (χ1) is 7.15. The predicted octanol–water partition coefficient (Wildman–Crippen LogP) is -0.472. The SMILES string of the molecule is NCCS(=O)(=O)N1CCOC2CCCC21. The minimum atomic E-state index is -3.16. The van der Waals surface area contributed by atoms with E-state index in [9.17, 15) is 8.42 Å². The topological polar surface area (TPSA) is 72.6 Å². The molecule has 0 aromatic rings. The van der Waals surface area contributed by atoms with Crippen molar-refractivity contribution in [3.63, 3.8) is 0 Å². The average Bonchev–Trinajstić information content (AvgIpc) is 2.64. The van der Waals surface area contributed by atoms with Gasteiger partial charge in [0.15, 0.2) is 0 Å². The molecular weight excluding hydrogens is 216 g/mol. The number of nitrogens with two attached hydrogens (primary N) is 1. The smallest absolute Gasteiger partial charge is 0.215 e. The highest BCUT2D eigenvalue weighted by molar-refractivity contribution is 7.89. The molecule has 1 aliphatic carbocycles. The number of rotatable bonds is 3. The van der Waals surface area contributed by atoms with Crippen LogP contribution in [-0.4, -0.2) is 50.3 Å². The van der Waals surface area contributed by atoms with Gasteiger partial charge in [-0.15, -0.1) is 0 Å². The van der Waals surface area contributed by atoms with Crippen molar-refractivity contribution in [2.45, 2.75) is 31.4 Å². The molecule has 2 N–H and O–H groups in total. The molecule has 2 fully saturated rings. The molecule has 2 unspecified atom stereocenters. The summed E-state index contributed by atoms with van der Waals surface area (Å²) in [6.07, 6.45) is 3.09. The number of fused-ring (bicyclic) bond motifs is 1. The lowest BCUT2D eigenvalue weighted by Gasteiger charge is -2.36. The van der Waals surface area contributed by atoms with E-state index in [0.717, 1.165) is 19.3 Å². The van der Waals surface area contributed by atoms with Crippen LogP contribution in [0, 0.1) is 0 Å². The summed E-state index contributed by atoms with van der Waals surface area (Å²) in [6, 6.07) is 0.0651. The van der Waals surface area contributed by atoms with E-state index in [0.29, 0.717) is 13.2 Å². The largest absolute Gasteiger partial charge is 0.375 e. The molecular formula is C9H18N2O3S. The summed E-state index contributed by atoms with van der Waals surface area (Å²) in [5.74, 6) is 0.0518. The molecule has 0 radical (unpaired) electrons. The minimum absolute atomic E-state index is 0.0518. The third kappa shape index (κ3) is 2.18. The molecule has 0 spiro atoms. The summed E-state index contributed by atoms with van der Waals surface area (Å²) in [6.45, 7) is 1.20. The lowest BCUT2D eigenvalue weighted by Crippen LogP contribution is -2.52. The summed E-state index contributed by atoms with van der Waals surface area (Å²) in [4.78, 5) is 0. The van der Waals surface area contributed by atoms with E-state index in [1.165, 1.54) is 0 Å². The highest BCUT2D eigenvalue weighted by atomic mass is 32.2. The van der Waals surface area contributed by atoms with E-state index >= 15 is 0 Å². The Morgan fingerprint density at radius 3 is 2.93 bits per heavy atom. The third-order valence-corrected chi connectivity index (χ3v) is 5.08. The molecule has 0 aromatic heterocycles. The maximum Gasteiger partial charge on any atom is 0.215 e. The van der Waals surface area contributed by atoms with Gasteiger partial charge in [-0.05, 0) is 19.3 Å². The average molecular weight is 234 g/mol. The lowest BCUT2D eigenvalue weighted by atomic mass is 10.2. The fraction of sp³-hybridized carbons (Fsp3) is 1.00. The van der Waals surface area contributed by atoms with Crippen molar-refractivity contribution in [3.8, 4) is 0 Å². The second-order valence-electron chi connectivity index (χ2n) is 4.12. The van der Waals surface area contributed by atoms with E-state index in [2.05, 4.69) is 0 Å². The standard InChI is InChI=1S/C9H18N2O3S/c10-4-7-15(12,13)11-5-6-14-9-3-1-2-8(9)11/h8-9H,1-7,10H2. The van der Waals surface area contributed by atoms with Crippen LogP contribution >= 0.6 is 0 Å². The highest BCUT2D eigenvalue weighted by Crippen LogP contribution is 2.31. The van der Waals surface area contributed by atoms with Gasteiger partial charge in [-0.3, -0.25) is 0 Å². The van der Waals surface area contributed by atoms with Gasteiger partial charge in [0.2, 0.25) is 10.0 Å². The van der Waals surface area contributed by atoms with Crippen LogP contribution in [0.2, 0.25) is 0 Å². The van der Waals surface area contributed by atoms with Crippen molar-refractivity contribution < 1.29 is 13.2 Å². The number of hydrogen-bond acceptors (Lipinski definition) is 4. The molecule has 0 bridgehead atoms. The number of morpholine rings is 1. The zero-order valence-corrected chi connectivity index (χ0v) is 9.58. The predicted molar refractivity (Wildman–Crippen MR) is 56.9 cm³/mol. The molecule has 2 aliphatic rings. The Morgan fingerprint density at radius 1 is 1.40 bits per heavy atom. The van der Waals surface area contributed by atoms with Crippen LogP contribution in [0.1, 0.15) is 19.3 Å². The number of sulfonamides is 1. The molecule has 1 aliphatic heterocycles. The first-order valence-corrected chi connectivity index (χ1v) is 7.07. The first-order valence-electron chi connectivity index (χ1n) is 5.46. The Hall–Kier alpha value is -0.170. The van der Waals surface area contributed by atoms with Gasteiger partial charge in [0.1, 0.15) is 0 Å². The van der Waals surface area contributed by atoms with Gasteiger partial charge < -0.3 is 10.5 Å². The number of ether oxygens (including phenoxy) is 1. The highest BCUT2D eigenvalue weighted by Gasteiger charge is 2.41. The maximum absolute atomic E-state index is 11.9. The second kappa shape index (κ2) is 4.37. The third-order valence-electron chi connectivity index (χ3n) is 3.16. The van der Waals surface area contributed by atoms with Crippen molar-refractivity contribution >= 4 is 10.0 Å². The first kappa shape index (κ1) is 11.3. The van der Waals surface area contributed by atoms with Gasteiger partial charge in [-0.2, -0.15) is 4.31 Å². The van der Waals surface area contributed by atoms with E-state index in [1.807, 2.05) is 0 Å². The van der Waals surface area contributed by atoms with E-state index < -0.39 is 10.0 Å². The quantitative estimate of drug-likeness (QED) is 0.716. The molecule has 0 amide bonds. The van der Waals surface area contributed by atoms with Gasteiger partial charge in [-0.25, -0.2) is 8.42 Å². The van der Waals surface area contributed by atoms with Crippen LogP contribution in [0.5, 0.6) is 0 Å². The van der Waals surface area contributed by atoms with Gasteiger partial charge in [0, 0.05) is 13.1 Å². The fourth-order valence-corrected chi connectivity index (χ4v) is 4.04. The number of nitrogens with zero attached hydrogens (tertiary/aromatic N) is 1. The normalized spacial score (nSPS) is 32.9. The van der Waals surface area contributed by atoms with Crippen molar-refractivity contribution in [2.24, 2.45) is 5.73 Å². The molecule has 5 nitrogen and oxygen atoms in total. The molecule has 1 saturated carbocycles. The van der Waals surface area contributed by atoms with Crippen molar-refractivity contribution in [1.82, 2.24) is 4.31 Å². The number of hydrogen-bond donors (Lipinski definition) is 1. The van der Waals surface area contributed by atoms with Crippen LogP contribution in [0.4, 0.5) is 0 Å². The van der Waals surface area contributed by atoms with Crippen molar-refractivity contribution in [1.29, 1.82) is 0 Å². The van der Waals surface area contributed by atoms with Gasteiger partial charge in [0.05, 0.1) is 24.5 Å². The van der Waals surface area contributed by atoms with Crippen molar-refractivity contribution in [2.75, 3.05) is 25.4 Å². The molecule has 15 heavy (non-hydrogen) atoms. The molecule has 2 atom stereocenters. The Balaban J connectivity index is 2.14. The van der Waals surface area contributed by atoms with Crippen LogP contribution in [0.3, 0.4) is 0 Å². The van der Waals surface area contributed by atoms with E-state index in [1.54, 1.807) is 4.31 Å². The minimum Gasteiger partial charge on any atom is -0.375 e. The maximum atomic E-state index is 11.9. The monoisotopic (exact) mass is 234 g/mol. The summed E-state index contributed by atoms with van der Waals surface area (Å²) >= 11 is 0. The lowest BCUT2D eigenvalue weighted by molar-refractivity contribution is -0.0241. The molecule has 2 rings (SSSR count).